The normalized spacial score (nSPS) is 14.8. The van der Waals surface area contributed by atoms with Crippen LogP contribution in [0.1, 0.15) is 131 Å². The molecule has 0 spiro atoms. The van der Waals surface area contributed by atoms with Gasteiger partial charge < -0.3 is 46.0 Å². The molecule has 0 unspecified atom stereocenters. The summed E-state index contributed by atoms with van der Waals surface area (Å²) < 4.78 is 5.45. The monoisotopic (exact) mass is 1290 g/mol. The zero-order valence-corrected chi connectivity index (χ0v) is 55.2. The predicted octanol–water partition coefficient (Wildman–Crippen LogP) is 9.82. The van der Waals surface area contributed by atoms with Gasteiger partial charge in [0.25, 0.3) is 11.8 Å². The van der Waals surface area contributed by atoms with Gasteiger partial charge in [-0.25, -0.2) is 4.79 Å². The lowest BCUT2D eigenvalue weighted by molar-refractivity contribution is 0.0201. The average molecular weight is 1290 g/mol. The van der Waals surface area contributed by atoms with Crippen molar-refractivity contribution in [3.05, 3.63) is 225 Å². The molecule has 2 atom stereocenters. The molecule has 20 heteroatoms. The van der Waals surface area contributed by atoms with Crippen molar-refractivity contribution in [1.82, 2.24) is 40.0 Å². The number of pyridine rings is 4. The molecular weight excluding hydrogens is 1200 g/mol. The van der Waals surface area contributed by atoms with Crippen molar-refractivity contribution < 1.29 is 49.1 Å². The number of aliphatic hydroxyl groups is 4. The number of β-amino-alcohol motifs (C(OH)–C–C–N with tert-alkyl or cyclic N) is 2. The minimum atomic E-state index is -0.669. The van der Waals surface area contributed by atoms with Gasteiger partial charge in [-0.2, -0.15) is 0 Å². The van der Waals surface area contributed by atoms with Crippen LogP contribution < -0.4 is 16.0 Å². The first-order valence-corrected chi connectivity index (χ1v) is 32.2. The Morgan fingerprint density at radius 1 is 0.526 bits per heavy atom. The number of Topliss-reactive ketones (excluding diaryl/α,β-unsaturated/α-hetero) is 2. The molecule has 4 aromatic heterocycles. The van der Waals surface area contributed by atoms with Crippen LogP contribution in [0.4, 0.5) is 16.2 Å². The average Bonchev–Trinajstić information content (AvgIpc) is 1.29. The van der Waals surface area contributed by atoms with Crippen LogP contribution in [0.3, 0.4) is 0 Å². The lowest BCUT2D eigenvalue weighted by atomic mass is 9.91. The summed E-state index contributed by atoms with van der Waals surface area (Å²) in [4.78, 5) is 88.6. The Labute approximate surface area is 555 Å². The van der Waals surface area contributed by atoms with Gasteiger partial charge in [-0.3, -0.25) is 48.9 Å². The summed E-state index contributed by atoms with van der Waals surface area (Å²) >= 11 is 0. The third-order valence-electron chi connectivity index (χ3n) is 17.0. The predicted molar refractivity (Wildman–Crippen MR) is 366 cm³/mol. The van der Waals surface area contributed by atoms with E-state index in [0.29, 0.717) is 79.0 Å². The van der Waals surface area contributed by atoms with E-state index < -0.39 is 11.7 Å². The molecule has 2 aliphatic rings. The fourth-order valence-corrected chi connectivity index (χ4v) is 11.7. The van der Waals surface area contributed by atoms with Gasteiger partial charge in [-0.05, 0) is 176 Å². The van der Waals surface area contributed by atoms with Gasteiger partial charge in [0.15, 0.2) is 11.6 Å². The number of aromatic nitrogens is 4. The second-order valence-corrected chi connectivity index (χ2v) is 25.3. The zero-order valence-electron chi connectivity index (χ0n) is 55.2. The number of ether oxygens (including phenoxy) is 1. The van der Waals surface area contributed by atoms with Crippen LogP contribution in [0, 0.1) is 27.7 Å². The van der Waals surface area contributed by atoms with Crippen LogP contribution in [-0.4, -0.2) is 155 Å². The first-order valence-electron chi connectivity index (χ1n) is 32.2. The maximum Gasteiger partial charge on any atom is 0.410 e. The molecular formula is C75H86N10O10. The lowest BCUT2D eigenvalue weighted by Gasteiger charge is -2.27. The largest absolute Gasteiger partial charge is 0.444 e. The highest BCUT2D eigenvalue weighted by Crippen LogP contribution is 2.35. The number of ketones is 2. The number of amides is 3. The number of nitrogens with one attached hydrogen (secondary N) is 3. The molecule has 0 radical (unpaired) electrons. The van der Waals surface area contributed by atoms with E-state index in [2.05, 4.69) is 45.7 Å². The van der Waals surface area contributed by atoms with Crippen LogP contribution >= 0.6 is 0 Å². The number of carbonyl (C=O) groups excluding carboxylic acids is 5. The summed E-state index contributed by atoms with van der Waals surface area (Å²) in [6.45, 7) is 18.9. The van der Waals surface area contributed by atoms with Crippen LogP contribution in [0.2, 0.25) is 0 Å². The Morgan fingerprint density at radius 2 is 0.937 bits per heavy atom. The second kappa shape index (κ2) is 32.7. The maximum atomic E-state index is 13.4. The maximum absolute atomic E-state index is 13.4. The van der Waals surface area contributed by atoms with Crippen molar-refractivity contribution in [3.8, 4) is 22.3 Å². The van der Waals surface area contributed by atoms with Crippen LogP contribution in [-0.2, 0) is 43.8 Å². The van der Waals surface area contributed by atoms with Gasteiger partial charge in [-0.15, -0.1) is 0 Å². The Kier molecular flexibility index (Phi) is 24.1. The van der Waals surface area contributed by atoms with E-state index in [4.69, 9.17) is 9.84 Å². The van der Waals surface area contributed by atoms with Crippen LogP contribution in [0.25, 0.3) is 22.3 Å². The SMILES string of the molecule is Cc1c(CC(=O)c2ccc(CN(CCO)C(=O)OC(C)(C)C)cn2)cccc1-c1cccc(NC(=O)c2ccc(CN3CC[C@@H](O)C3)cn2)c1C.Cc1c(CC(=O)c2ccc(CNCCO)cn2)cccc1-c1cccc(NC(=O)c2ccc(CN3CC[C@@H](O)C3)cn2)c1C. The molecule has 0 aliphatic carbocycles. The Morgan fingerprint density at radius 3 is 1.33 bits per heavy atom. The van der Waals surface area contributed by atoms with Gasteiger partial charge in [0.1, 0.15) is 28.4 Å². The van der Waals surface area contributed by atoms with Gasteiger partial charge in [-0.1, -0.05) is 84.9 Å². The van der Waals surface area contributed by atoms with E-state index in [1.807, 2.05) is 119 Å². The van der Waals surface area contributed by atoms with Crippen molar-refractivity contribution >= 4 is 40.8 Å². The molecule has 496 valence electrons. The number of rotatable bonds is 24. The summed E-state index contributed by atoms with van der Waals surface area (Å²) in [6.07, 6.45) is 7.53. The first kappa shape index (κ1) is 70.1. The summed E-state index contributed by atoms with van der Waals surface area (Å²) in [6, 6.07) is 37.7. The molecule has 2 fully saturated rings. The fraction of sp³-hybridized carbons (Fsp3) is 0.347. The highest BCUT2D eigenvalue weighted by Gasteiger charge is 2.25. The quantitative estimate of drug-likeness (QED) is 0.0219. The van der Waals surface area contributed by atoms with Gasteiger partial charge in [0.2, 0.25) is 0 Å². The van der Waals surface area contributed by atoms with Gasteiger partial charge in [0, 0.05) is 108 Å². The molecule has 95 heavy (non-hydrogen) atoms. The molecule has 0 saturated carbocycles. The molecule has 4 aromatic carbocycles. The topological polar surface area (TPSA) is 273 Å². The van der Waals surface area contributed by atoms with Crippen molar-refractivity contribution in [2.24, 2.45) is 0 Å². The zero-order chi connectivity index (χ0) is 67.8. The molecule has 2 saturated heterocycles. The number of anilines is 2. The van der Waals surface area contributed by atoms with E-state index in [1.54, 1.807) is 75.9 Å². The number of likely N-dealkylation sites (tertiary alicyclic amines) is 2. The number of aliphatic hydroxyl groups excluding tert-OH is 4. The molecule has 20 nitrogen and oxygen atoms in total. The Bertz CT molecular complexity index is 3970. The second-order valence-electron chi connectivity index (χ2n) is 25.3. The Balaban J connectivity index is 0.000000226. The van der Waals surface area contributed by atoms with E-state index >= 15 is 0 Å². The summed E-state index contributed by atoms with van der Waals surface area (Å²) in [5, 5.41) is 47.0. The first-order chi connectivity index (χ1) is 45.6. The van der Waals surface area contributed by atoms with Gasteiger partial charge in [0.05, 0.1) is 32.0 Å². The van der Waals surface area contributed by atoms with Crippen molar-refractivity contribution in [3.63, 3.8) is 0 Å². The van der Waals surface area contributed by atoms with Crippen molar-refractivity contribution in [2.45, 2.75) is 118 Å². The third-order valence-corrected chi connectivity index (χ3v) is 17.0. The molecule has 8 aromatic rings. The minimum absolute atomic E-state index is 0.0607. The Hall–Kier alpha value is -9.25. The van der Waals surface area contributed by atoms with E-state index in [9.17, 15) is 39.3 Å². The molecule has 0 bridgehead atoms. The molecule has 7 N–H and O–H groups in total. The van der Waals surface area contributed by atoms with Crippen LogP contribution in [0.5, 0.6) is 0 Å². The summed E-state index contributed by atoms with van der Waals surface area (Å²) in [7, 11) is 0. The third kappa shape index (κ3) is 19.2. The van der Waals surface area contributed by atoms with Gasteiger partial charge >= 0.3 is 6.09 Å². The van der Waals surface area contributed by atoms with E-state index in [0.717, 1.165) is 98.3 Å². The smallest absolute Gasteiger partial charge is 0.410 e. The highest BCUT2D eigenvalue weighted by molar-refractivity contribution is 6.05. The fourth-order valence-electron chi connectivity index (χ4n) is 11.7. The number of nitrogens with zero attached hydrogens (tertiary/aromatic N) is 7. The van der Waals surface area contributed by atoms with E-state index in [-0.39, 0.29) is 74.7 Å². The van der Waals surface area contributed by atoms with E-state index in [1.165, 1.54) is 4.90 Å². The molecule has 6 heterocycles. The molecule has 10 rings (SSSR count). The number of carbonyl (C=O) groups is 5. The van der Waals surface area contributed by atoms with Crippen molar-refractivity contribution in [2.75, 3.05) is 63.1 Å². The molecule has 3 amide bonds. The number of benzene rings is 4. The molecule has 2 aliphatic heterocycles. The minimum Gasteiger partial charge on any atom is -0.444 e. The number of hydrogen-bond donors (Lipinski definition) is 7. The lowest BCUT2D eigenvalue weighted by Crippen LogP contribution is -2.38. The van der Waals surface area contributed by atoms with Crippen molar-refractivity contribution in [1.29, 1.82) is 0 Å². The number of hydrogen-bond acceptors (Lipinski definition) is 17. The summed E-state index contributed by atoms with van der Waals surface area (Å²) in [5.74, 6) is -0.795. The standard InChI is InChI=1S/C40H47N5O6.C35H39N5O4/c1-26-30(20-37(48)35-14-12-29(22-41-35)24-45(18-19-46)39(50)51-40(3,4)5)8-6-9-32(26)33-10-7-11-34(27(33)2)43-38(49)36-15-13-28(21-42-36)23-44-17-16-31(47)25-44;1-23-27(17-34(43)32-11-9-25(19-37-32)18-36-14-16-41)5-3-6-29(23)30-7-4-8-31(24(30)2)39-35(44)33-12-10-26(20-38-33)21-40-15-13-28(42)22-40/h6-15,21-22,31,46-47H,16-20,23-25H2,1-5H3,(H,43,49);3-12,19-20,28,36,41-42H,13-18,21-22H2,1-2H3,(H,39,44)/t31-;28-/m11/s1. The van der Waals surface area contributed by atoms with Crippen LogP contribution in [0.15, 0.2) is 146 Å². The summed E-state index contributed by atoms with van der Waals surface area (Å²) in [5.41, 5.74) is 15.1. The highest BCUT2D eigenvalue weighted by atomic mass is 16.6.